The van der Waals surface area contributed by atoms with Gasteiger partial charge in [-0.1, -0.05) is 13.8 Å². The Morgan fingerprint density at radius 3 is 2.47 bits per heavy atom. The molecule has 0 amide bonds. The van der Waals surface area contributed by atoms with Gasteiger partial charge in [0.15, 0.2) is 0 Å². The molecule has 1 aliphatic heterocycles. The van der Waals surface area contributed by atoms with E-state index in [0.717, 1.165) is 4.57 Å². The highest BCUT2D eigenvalue weighted by Crippen LogP contribution is 2.29. The quantitative estimate of drug-likeness (QED) is 0.900. The van der Waals surface area contributed by atoms with Crippen molar-refractivity contribution in [1.29, 1.82) is 0 Å². The van der Waals surface area contributed by atoms with E-state index in [0.29, 0.717) is 25.5 Å². The number of aliphatic hydroxyl groups is 1. The molecule has 108 valence electrons. The summed E-state index contributed by atoms with van der Waals surface area (Å²) in [5.41, 5.74) is -0.283. The predicted octanol–water partition coefficient (Wildman–Crippen LogP) is 1.13. The first-order valence-electron chi connectivity index (χ1n) is 6.05. The van der Waals surface area contributed by atoms with E-state index in [1.165, 1.54) is 0 Å². The normalized spacial score (nSPS) is 17.6. The smallest absolute Gasteiger partial charge is 0.396 e. The molecule has 0 radical (unpaired) electrons. The topological polar surface area (TPSA) is 54.2 Å². The van der Waals surface area contributed by atoms with E-state index >= 15 is 0 Å². The molecule has 2 heterocycles. The maximum atomic E-state index is 12.7. The van der Waals surface area contributed by atoms with Gasteiger partial charge in [0.05, 0.1) is 6.54 Å². The number of hydrogen-bond donors (Lipinski definition) is 1. The first-order valence-corrected chi connectivity index (χ1v) is 6.05. The molecule has 1 aromatic rings. The van der Waals surface area contributed by atoms with Crippen LogP contribution in [0.5, 0.6) is 0 Å². The molecule has 2 rings (SSSR count). The van der Waals surface area contributed by atoms with Crippen LogP contribution in [0, 0.1) is 5.41 Å². The summed E-state index contributed by atoms with van der Waals surface area (Å²) < 4.78 is 39.1. The Kier molecular flexibility index (Phi) is 3.57. The van der Waals surface area contributed by atoms with Crippen molar-refractivity contribution in [3.8, 4) is 0 Å². The van der Waals surface area contributed by atoms with Crippen LogP contribution < -0.4 is 0 Å². The summed E-state index contributed by atoms with van der Waals surface area (Å²) in [6.07, 6.45) is -4.46. The standard InChI is InChI=1S/C11H17F3N4O/c1-10(2,7-19)6-17-3-4-18-8(5-17)15-16-9(18)11(12,13)14/h19H,3-7H2,1-2H3. The minimum Gasteiger partial charge on any atom is -0.396 e. The Morgan fingerprint density at radius 2 is 1.89 bits per heavy atom. The van der Waals surface area contributed by atoms with Crippen molar-refractivity contribution >= 4 is 0 Å². The summed E-state index contributed by atoms with van der Waals surface area (Å²) in [6, 6.07) is 0. The van der Waals surface area contributed by atoms with Crippen molar-refractivity contribution < 1.29 is 18.3 Å². The minimum atomic E-state index is -4.46. The Morgan fingerprint density at radius 1 is 1.21 bits per heavy atom. The van der Waals surface area contributed by atoms with Gasteiger partial charge in [-0.2, -0.15) is 13.2 Å². The number of aromatic nitrogens is 3. The van der Waals surface area contributed by atoms with Gasteiger partial charge >= 0.3 is 6.18 Å². The fourth-order valence-corrected chi connectivity index (χ4v) is 2.21. The third-order valence-corrected chi connectivity index (χ3v) is 3.17. The maximum absolute atomic E-state index is 12.7. The second kappa shape index (κ2) is 4.75. The second-order valence-corrected chi connectivity index (χ2v) is 5.62. The highest BCUT2D eigenvalue weighted by Gasteiger charge is 2.39. The van der Waals surface area contributed by atoms with Gasteiger partial charge in [0.1, 0.15) is 5.82 Å². The molecular formula is C11H17F3N4O. The van der Waals surface area contributed by atoms with E-state index in [2.05, 4.69) is 10.2 Å². The average Bonchev–Trinajstić information content (AvgIpc) is 2.71. The highest BCUT2D eigenvalue weighted by atomic mass is 19.4. The SMILES string of the molecule is CC(C)(CO)CN1CCn2c(nnc2C(F)(F)F)C1. The van der Waals surface area contributed by atoms with E-state index in [4.69, 9.17) is 0 Å². The largest absolute Gasteiger partial charge is 0.451 e. The van der Waals surface area contributed by atoms with Crippen molar-refractivity contribution in [1.82, 2.24) is 19.7 Å². The van der Waals surface area contributed by atoms with Gasteiger partial charge in [-0.25, -0.2) is 0 Å². The number of aliphatic hydroxyl groups excluding tert-OH is 1. The molecule has 8 heteroatoms. The van der Waals surface area contributed by atoms with Crippen LogP contribution in [0.2, 0.25) is 0 Å². The molecule has 0 bridgehead atoms. The lowest BCUT2D eigenvalue weighted by Gasteiger charge is -2.34. The van der Waals surface area contributed by atoms with E-state index in [1.807, 2.05) is 18.7 Å². The van der Waals surface area contributed by atoms with Crippen molar-refractivity contribution in [2.45, 2.75) is 33.1 Å². The van der Waals surface area contributed by atoms with Crippen LogP contribution in [0.1, 0.15) is 25.5 Å². The summed E-state index contributed by atoms with van der Waals surface area (Å²) >= 11 is 0. The van der Waals surface area contributed by atoms with E-state index in [-0.39, 0.29) is 18.6 Å². The Hall–Kier alpha value is -1.15. The zero-order valence-corrected chi connectivity index (χ0v) is 10.9. The van der Waals surface area contributed by atoms with Crippen LogP contribution in [0.4, 0.5) is 13.2 Å². The number of hydrogen-bond acceptors (Lipinski definition) is 4. The number of halogens is 3. The molecule has 0 aliphatic carbocycles. The van der Waals surface area contributed by atoms with Gasteiger partial charge in [0.2, 0.25) is 5.82 Å². The molecule has 19 heavy (non-hydrogen) atoms. The lowest BCUT2D eigenvalue weighted by atomic mass is 9.94. The van der Waals surface area contributed by atoms with Crippen LogP contribution in [0.25, 0.3) is 0 Å². The second-order valence-electron chi connectivity index (χ2n) is 5.62. The molecular weight excluding hydrogens is 261 g/mol. The summed E-state index contributed by atoms with van der Waals surface area (Å²) in [5, 5.41) is 16.1. The minimum absolute atomic E-state index is 0.0317. The highest BCUT2D eigenvalue weighted by molar-refractivity contribution is 5.02. The van der Waals surface area contributed by atoms with Crippen molar-refractivity contribution in [3.05, 3.63) is 11.6 Å². The fourth-order valence-electron chi connectivity index (χ4n) is 2.21. The molecule has 0 atom stereocenters. The molecule has 0 fully saturated rings. The maximum Gasteiger partial charge on any atom is 0.451 e. The first kappa shape index (κ1) is 14.3. The van der Waals surface area contributed by atoms with Gasteiger partial charge in [-0.05, 0) is 0 Å². The predicted molar refractivity (Wildman–Crippen MR) is 61.2 cm³/mol. The molecule has 0 saturated heterocycles. The summed E-state index contributed by atoms with van der Waals surface area (Å²) in [6.45, 7) is 5.51. The molecule has 0 saturated carbocycles. The van der Waals surface area contributed by atoms with Gasteiger partial charge in [-0.3, -0.25) is 4.90 Å². The van der Waals surface area contributed by atoms with Crippen molar-refractivity contribution in [3.63, 3.8) is 0 Å². The Bertz CT molecular complexity index is 455. The molecule has 1 N–H and O–H groups in total. The summed E-state index contributed by atoms with van der Waals surface area (Å²) in [4.78, 5) is 1.99. The molecule has 0 spiro atoms. The zero-order valence-electron chi connectivity index (χ0n) is 10.9. The van der Waals surface area contributed by atoms with Crippen molar-refractivity contribution in [2.24, 2.45) is 5.41 Å². The van der Waals surface area contributed by atoms with E-state index in [1.54, 1.807) is 0 Å². The van der Waals surface area contributed by atoms with Crippen LogP contribution in [0.3, 0.4) is 0 Å². The number of alkyl halides is 3. The molecule has 5 nitrogen and oxygen atoms in total. The van der Waals surface area contributed by atoms with E-state index < -0.39 is 12.0 Å². The monoisotopic (exact) mass is 278 g/mol. The number of rotatable bonds is 3. The van der Waals surface area contributed by atoms with Crippen LogP contribution in [-0.4, -0.2) is 44.5 Å². The number of fused-ring (bicyclic) bond motifs is 1. The van der Waals surface area contributed by atoms with Crippen LogP contribution >= 0.6 is 0 Å². The van der Waals surface area contributed by atoms with Crippen molar-refractivity contribution in [2.75, 3.05) is 19.7 Å². The average molecular weight is 278 g/mol. The zero-order chi connectivity index (χ0) is 14.3. The summed E-state index contributed by atoms with van der Waals surface area (Å²) in [7, 11) is 0. The van der Waals surface area contributed by atoms with Gasteiger partial charge in [-0.15, -0.1) is 10.2 Å². The van der Waals surface area contributed by atoms with Gasteiger partial charge in [0, 0.05) is 31.7 Å². The third kappa shape index (κ3) is 3.06. The lowest BCUT2D eigenvalue weighted by molar-refractivity contribution is -0.148. The molecule has 1 aromatic heterocycles. The van der Waals surface area contributed by atoms with Gasteiger partial charge < -0.3 is 9.67 Å². The van der Waals surface area contributed by atoms with E-state index in [9.17, 15) is 18.3 Å². The third-order valence-electron chi connectivity index (χ3n) is 3.17. The van der Waals surface area contributed by atoms with Crippen LogP contribution in [0.15, 0.2) is 0 Å². The Balaban J connectivity index is 2.12. The van der Waals surface area contributed by atoms with Gasteiger partial charge in [0.25, 0.3) is 0 Å². The Labute approximate surface area is 109 Å². The first-order chi connectivity index (χ1) is 8.73. The number of nitrogens with zero attached hydrogens (tertiary/aromatic N) is 4. The molecule has 0 unspecified atom stereocenters. The molecule has 1 aliphatic rings. The molecule has 0 aromatic carbocycles. The van der Waals surface area contributed by atoms with Crippen LogP contribution in [-0.2, 0) is 19.3 Å². The fraction of sp³-hybridized carbons (Fsp3) is 0.818. The lowest BCUT2D eigenvalue weighted by Crippen LogP contribution is -2.41. The summed E-state index contributed by atoms with van der Waals surface area (Å²) in [5.74, 6) is -0.601.